The number of rotatable bonds is 3. The van der Waals surface area contributed by atoms with Crippen LogP contribution in [-0.2, 0) is 0 Å². The van der Waals surface area contributed by atoms with Crippen LogP contribution in [0.2, 0.25) is 0 Å². The summed E-state index contributed by atoms with van der Waals surface area (Å²) in [6, 6.07) is 52.3. The lowest BCUT2D eigenvalue weighted by Crippen LogP contribution is -1.94. The molecule has 0 saturated carbocycles. The average Bonchev–Trinajstić information content (AvgIpc) is 3.58. The van der Waals surface area contributed by atoms with Crippen LogP contribution in [0.3, 0.4) is 0 Å². The lowest BCUT2D eigenvalue weighted by molar-refractivity contribution is 1.18. The Morgan fingerprint density at radius 3 is 1.69 bits per heavy atom. The van der Waals surface area contributed by atoms with E-state index in [9.17, 15) is 0 Å². The molecule has 3 heterocycles. The number of para-hydroxylation sites is 3. The summed E-state index contributed by atoms with van der Waals surface area (Å²) in [5, 5.41) is 6.16. The zero-order chi connectivity index (χ0) is 27.6. The molecule has 3 nitrogen and oxygen atoms in total. The summed E-state index contributed by atoms with van der Waals surface area (Å²) in [7, 11) is 0. The lowest BCUT2D eigenvalue weighted by atomic mass is 10.0. The van der Waals surface area contributed by atoms with E-state index < -0.39 is 0 Å². The summed E-state index contributed by atoms with van der Waals surface area (Å²) >= 11 is 0. The van der Waals surface area contributed by atoms with Gasteiger partial charge in [0.25, 0.3) is 0 Å². The minimum atomic E-state index is 1.01. The van der Waals surface area contributed by atoms with E-state index in [0.717, 1.165) is 16.6 Å². The first-order valence-corrected chi connectivity index (χ1v) is 14.3. The zero-order valence-electron chi connectivity index (χ0n) is 22.8. The molecule has 0 aliphatic carbocycles. The Morgan fingerprint density at radius 2 is 0.952 bits per heavy atom. The minimum Gasteiger partial charge on any atom is -0.309 e. The molecule has 0 fully saturated rings. The van der Waals surface area contributed by atoms with Crippen LogP contribution in [0.5, 0.6) is 0 Å². The Hall–Kier alpha value is -5.67. The molecule has 0 amide bonds. The third-order valence-corrected chi connectivity index (χ3v) is 8.54. The lowest BCUT2D eigenvalue weighted by Gasteiger charge is -2.10. The van der Waals surface area contributed by atoms with E-state index in [2.05, 4.69) is 154 Å². The molecule has 9 aromatic rings. The molecule has 42 heavy (non-hydrogen) atoms. The molecule has 0 aliphatic heterocycles. The van der Waals surface area contributed by atoms with Gasteiger partial charge in [0.15, 0.2) is 0 Å². The van der Waals surface area contributed by atoms with Gasteiger partial charge in [-0.1, -0.05) is 72.8 Å². The van der Waals surface area contributed by atoms with Crippen molar-refractivity contribution in [2.24, 2.45) is 0 Å². The predicted octanol–water partition coefficient (Wildman–Crippen LogP) is 10.1. The maximum Gasteiger partial charge on any atom is 0.0723 e. The second kappa shape index (κ2) is 8.92. The van der Waals surface area contributed by atoms with Gasteiger partial charge in [0, 0.05) is 44.5 Å². The van der Waals surface area contributed by atoms with Gasteiger partial charge in [-0.15, -0.1) is 0 Å². The fourth-order valence-electron chi connectivity index (χ4n) is 6.69. The van der Waals surface area contributed by atoms with Crippen LogP contribution in [0.15, 0.2) is 152 Å². The van der Waals surface area contributed by atoms with Gasteiger partial charge in [-0.2, -0.15) is 0 Å². The molecular weight excluding hydrogens is 510 g/mol. The van der Waals surface area contributed by atoms with Crippen molar-refractivity contribution in [3.63, 3.8) is 0 Å². The molecule has 3 heteroatoms. The molecular formula is C39H25N3. The Morgan fingerprint density at radius 1 is 0.381 bits per heavy atom. The SMILES string of the molecule is c1ccc(-n2c3ccccc3c3cc(-c4ccc5c(c4)c4ccc6ncccc6c4n5-c4ccccc4)ccc32)cc1. The van der Waals surface area contributed by atoms with Crippen molar-refractivity contribution >= 4 is 54.5 Å². The first-order chi connectivity index (χ1) is 20.8. The monoisotopic (exact) mass is 535 g/mol. The van der Waals surface area contributed by atoms with Gasteiger partial charge in [-0.05, 0) is 83.9 Å². The number of aromatic nitrogens is 3. The molecule has 0 bridgehead atoms. The number of benzene rings is 6. The molecule has 0 N–H and O–H groups in total. The van der Waals surface area contributed by atoms with Gasteiger partial charge in [0.1, 0.15) is 0 Å². The molecule has 0 aliphatic rings. The normalized spacial score (nSPS) is 11.8. The van der Waals surface area contributed by atoms with Crippen molar-refractivity contribution < 1.29 is 0 Å². The van der Waals surface area contributed by atoms with Gasteiger partial charge in [-0.3, -0.25) is 4.98 Å². The highest BCUT2D eigenvalue weighted by atomic mass is 15.0. The molecule has 6 aromatic carbocycles. The number of fused-ring (bicyclic) bond motifs is 8. The van der Waals surface area contributed by atoms with E-state index in [0.29, 0.717) is 0 Å². The van der Waals surface area contributed by atoms with Gasteiger partial charge in [0.05, 0.1) is 27.6 Å². The first kappa shape index (κ1) is 23.1. The van der Waals surface area contributed by atoms with Gasteiger partial charge < -0.3 is 9.13 Å². The minimum absolute atomic E-state index is 1.01. The molecule has 0 spiro atoms. The van der Waals surface area contributed by atoms with Crippen molar-refractivity contribution in [2.45, 2.75) is 0 Å². The van der Waals surface area contributed by atoms with E-state index in [1.165, 1.54) is 60.4 Å². The first-order valence-electron chi connectivity index (χ1n) is 14.3. The topological polar surface area (TPSA) is 22.8 Å². The maximum atomic E-state index is 4.66. The van der Waals surface area contributed by atoms with Crippen LogP contribution in [0, 0.1) is 0 Å². The predicted molar refractivity (Wildman–Crippen MR) is 176 cm³/mol. The van der Waals surface area contributed by atoms with Crippen molar-refractivity contribution in [1.29, 1.82) is 0 Å². The van der Waals surface area contributed by atoms with Crippen LogP contribution in [0.4, 0.5) is 0 Å². The van der Waals surface area contributed by atoms with E-state index in [-0.39, 0.29) is 0 Å². The van der Waals surface area contributed by atoms with Crippen molar-refractivity contribution in [2.75, 3.05) is 0 Å². The Balaban J connectivity index is 1.31. The third-order valence-electron chi connectivity index (χ3n) is 8.54. The second-order valence-corrected chi connectivity index (χ2v) is 10.9. The number of hydrogen-bond donors (Lipinski definition) is 0. The quantitative estimate of drug-likeness (QED) is 0.221. The zero-order valence-corrected chi connectivity index (χ0v) is 22.8. The summed E-state index contributed by atoms with van der Waals surface area (Å²) in [5.74, 6) is 0. The molecule has 0 atom stereocenters. The molecule has 9 rings (SSSR count). The van der Waals surface area contributed by atoms with Crippen LogP contribution < -0.4 is 0 Å². The van der Waals surface area contributed by atoms with Crippen LogP contribution in [0.25, 0.3) is 77.0 Å². The largest absolute Gasteiger partial charge is 0.309 e. The second-order valence-electron chi connectivity index (χ2n) is 10.9. The van der Waals surface area contributed by atoms with E-state index in [1.54, 1.807) is 0 Å². The summed E-state index contributed by atoms with van der Waals surface area (Å²) < 4.78 is 4.75. The molecule has 0 radical (unpaired) electrons. The third kappa shape index (κ3) is 3.31. The van der Waals surface area contributed by atoms with Crippen molar-refractivity contribution in [3.05, 3.63) is 152 Å². The molecule has 196 valence electrons. The van der Waals surface area contributed by atoms with Gasteiger partial charge in [0.2, 0.25) is 0 Å². The molecule has 3 aromatic heterocycles. The Bertz CT molecular complexity index is 2450. The molecule has 0 saturated heterocycles. The summed E-state index contributed by atoms with van der Waals surface area (Å²) in [6.07, 6.45) is 1.87. The highest BCUT2D eigenvalue weighted by molar-refractivity contribution is 6.19. The number of pyridine rings is 1. The number of hydrogen-bond acceptors (Lipinski definition) is 1. The van der Waals surface area contributed by atoms with Gasteiger partial charge in [-0.25, -0.2) is 0 Å². The van der Waals surface area contributed by atoms with Crippen molar-refractivity contribution in [3.8, 4) is 22.5 Å². The van der Waals surface area contributed by atoms with Crippen molar-refractivity contribution in [1.82, 2.24) is 14.1 Å². The highest BCUT2D eigenvalue weighted by Gasteiger charge is 2.17. The van der Waals surface area contributed by atoms with Gasteiger partial charge >= 0.3 is 0 Å². The average molecular weight is 536 g/mol. The summed E-state index contributed by atoms with van der Waals surface area (Å²) in [4.78, 5) is 4.66. The maximum absolute atomic E-state index is 4.66. The van der Waals surface area contributed by atoms with E-state index >= 15 is 0 Å². The Kier molecular flexibility index (Phi) is 4.90. The fourth-order valence-corrected chi connectivity index (χ4v) is 6.69. The standard InChI is InChI=1S/C39H25N3/c1-3-10-28(11-4-1)41-36-16-8-7-14-30(36)33-24-26(17-21-37(33)41)27-18-22-38-34(25-27)31-19-20-35-32(15-9-23-40-35)39(31)42(38)29-12-5-2-6-13-29/h1-25H. The van der Waals surface area contributed by atoms with Crippen LogP contribution in [-0.4, -0.2) is 14.1 Å². The Labute approximate surface area is 242 Å². The van der Waals surface area contributed by atoms with E-state index in [4.69, 9.17) is 0 Å². The summed E-state index contributed by atoms with van der Waals surface area (Å²) in [5.41, 5.74) is 10.6. The van der Waals surface area contributed by atoms with E-state index in [1.807, 2.05) is 12.3 Å². The highest BCUT2D eigenvalue weighted by Crippen LogP contribution is 2.39. The smallest absolute Gasteiger partial charge is 0.0723 e. The van der Waals surface area contributed by atoms with Crippen LogP contribution in [0.1, 0.15) is 0 Å². The fraction of sp³-hybridized carbons (Fsp3) is 0. The van der Waals surface area contributed by atoms with Crippen LogP contribution >= 0.6 is 0 Å². The number of nitrogens with zero attached hydrogens (tertiary/aromatic N) is 3. The molecule has 0 unspecified atom stereocenters. The summed E-state index contributed by atoms with van der Waals surface area (Å²) in [6.45, 7) is 0.